The molecule has 4 heterocycles. The van der Waals surface area contributed by atoms with Crippen LogP contribution in [0.25, 0.3) is 0 Å². The number of hydrogen-bond acceptors (Lipinski definition) is 9. The van der Waals surface area contributed by atoms with Crippen LogP contribution in [-0.4, -0.2) is 67.3 Å². The minimum absolute atomic E-state index is 0.111. The number of halogens is 3. The Morgan fingerprint density at radius 1 is 1.07 bits per heavy atom. The molecule has 0 spiro atoms. The van der Waals surface area contributed by atoms with Gasteiger partial charge in [-0.2, -0.15) is 13.2 Å². The Balaban J connectivity index is 1.57. The highest BCUT2D eigenvalue weighted by Gasteiger charge is 2.40. The van der Waals surface area contributed by atoms with Crippen LogP contribution in [0.5, 0.6) is 11.6 Å². The molecule has 0 bridgehead atoms. The summed E-state index contributed by atoms with van der Waals surface area (Å²) >= 11 is 1.39. The van der Waals surface area contributed by atoms with Gasteiger partial charge in [0.1, 0.15) is 5.75 Å². The Labute approximate surface area is 233 Å². The van der Waals surface area contributed by atoms with E-state index in [-0.39, 0.29) is 17.9 Å². The van der Waals surface area contributed by atoms with E-state index in [2.05, 4.69) is 9.88 Å². The topological polar surface area (TPSA) is 90.7 Å². The minimum Gasteiger partial charge on any atom is -0.495 e. The molecule has 2 aliphatic heterocycles. The molecule has 0 unspecified atom stereocenters. The van der Waals surface area contributed by atoms with E-state index in [9.17, 15) is 23.1 Å². The number of carboxylic acids is 1. The fourth-order valence-corrected chi connectivity index (χ4v) is 6.09. The molecule has 13 heteroatoms. The maximum Gasteiger partial charge on any atom is 0.416 e. The number of nitrogens with zero attached hydrogens (tertiary/aromatic N) is 5. The summed E-state index contributed by atoms with van der Waals surface area (Å²) in [6.45, 7) is 4.09. The second-order valence-electron chi connectivity index (χ2n) is 9.42. The van der Waals surface area contributed by atoms with Crippen molar-refractivity contribution in [1.82, 2.24) is 9.88 Å². The van der Waals surface area contributed by atoms with E-state index in [4.69, 9.17) is 14.5 Å². The van der Waals surface area contributed by atoms with Gasteiger partial charge in [0.2, 0.25) is 11.8 Å². The summed E-state index contributed by atoms with van der Waals surface area (Å²) in [5.74, 6) is 0.00314. The number of methoxy groups -OCH3 is 2. The smallest absolute Gasteiger partial charge is 0.416 e. The molecule has 2 aliphatic rings. The van der Waals surface area contributed by atoms with Crippen LogP contribution in [0.1, 0.15) is 27.8 Å². The third kappa shape index (κ3) is 5.37. The fraction of sp³-hybridized carbons (Fsp3) is 0.370. The first-order valence-corrected chi connectivity index (χ1v) is 13.4. The normalized spacial score (nSPS) is 17.4. The molecule has 1 atom stereocenters. The summed E-state index contributed by atoms with van der Waals surface area (Å²) in [7, 11) is 2.93. The van der Waals surface area contributed by atoms with Crippen molar-refractivity contribution >= 4 is 40.3 Å². The third-order valence-electron chi connectivity index (χ3n) is 6.90. The van der Waals surface area contributed by atoms with E-state index in [1.54, 1.807) is 18.2 Å². The van der Waals surface area contributed by atoms with Crippen molar-refractivity contribution < 1.29 is 32.5 Å². The number of rotatable bonds is 6. The Morgan fingerprint density at radius 2 is 1.80 bits per heavy atom. The molecule has 0 radical (unpaired) electrons. The van der Waals surface area contributed by atoms with Crippen molar-refractivity contribution in [3.8, 4) is 11.6 Å². The van der Waals surface area contributed by atoms with Crippen LogP contribution in [-0.2, 0) is 11.0 Å². The molecule has 1 aromatic carbocycles. The van der Waals surface area contributed by atoms with Crippen molar-refractivity contribution in [2.45, 2.75) is 25.6 Å². The molecule has 5 rings (SSSR count). The number of alkyl halides is 3. The van der Waals surface area contributed by atoms with Crippen LogP contribution in [0.15, 0.2) is 47.6 Å². The highest BCUT2D eigenvalue weighted by Crippen LogP contribution is 2.48. The molecule has 3 aromatic rings. The number of fused-ring (bicyclic) bond motifs is 1. The van der Waals surface area contributed by atoms with Gasteiger partial charge < -0.3 is 24.4 Å². The number of ether oxygens (including phenoxy) is 2. The zero-order valence-electron chi connectivity index (χ0n) is 22.1. The second-order valence-corrected chi connectivity index (χ2v) is 10.7. The molecular weight excluding hydrogens is 547 g/mol. The van der Waals surface area contributed by atoms with E-state index in [0.717, 1.165) is 22.7 Å². The lowest BCUT2D eigenvalue weighted by molar-refractivity contribution is -0.138. The number of guanidine groups is 1. The van der Waals surface area contributed by atoms with Gasteiger partial charge in [-0.05, 0) is 37.3 Å². The molecule has 212 valence electrons. The summed E-state index contributed by atoms with van der Waals surface area (Å²) in [6, 6.07) is 8.06. The van der Waals surface area contributed by atoms with Gasteiger partial charge in [0.05, 0.1) is 48.5 Å². The summed E-state index contributed by atoms with van der Waals surface area (Å²) in [5, 5.41) is 9.86. The highest BCUT2D eigenvalue weighted by atomic mass is 32.1. The largest absolute Gasteiger partial charge is 0.495 e. The molecule has 1 N–H and O–H groups in total. The number of benzene rings is 1. The number of pyridine rings is 1. The van der Waals surface area contributed by atoms with Crippen LogP contribution in [0, 0.1) is 6.92 Å². The number of piperazine rings is 1. The lowest BCUT2D eigenvalue weighted by Crippen LogP contribution is -2.55. The number of carboxylic acid groups (broad SMARTS) is 1. The van der Waals surface area contributed by atoms with Gasteiger partial charge in [0.25, 0.3) is 0 Å². The van der Waals surface area contributed by atoms with E-state index >= 15 is 0 Å². The standard InChI is InChI=1S/C27H28F3N5O4S/c1-16-12-19-25(40-16)21(15-24(36)37)35(20-13-17(27(28,29)30)4-5-22(20)38-2)26(32-19)34-10-8-33(9-11-34)18-6-7-31-23(14-18)39-3/h4-7,12-14,21H,8-11,15H2,1-3H3,(H,36,37)/t21-/m1/s1. The van der Waals surface area contributed by atoms with Gasteiger partial charge in [-0.3, -0.25) is 9.69 Å². The van der Waals surface area contributed by atoms with Gasteiger partial charge in [0.15, 0.2) is 0 Å². The van der Waals surface area contributed by atoms with Crippen molar-refractivity contribution in [1.29, 1.82) is 0 Å². The number of carbonyl (C=O) groups is 1. The number of aryl methyl sites for hydroxylation is 1. The number of aromatic nitrogens is 1. The maximum absolute atomic E-state index is 13.8. The lowest BCUT2D eigenvalue weighted by Gasteiger charge is -2.44. The van der Waals surface area contributed by atoms with Gasteiger partial charge in [-0.15, -0.1) is 11.3 Å². The second kappa shape index (κ2) is 10.9. The SMILES string of the molecule is COc1cc(N2CCN(C3=Nc4cc(C)sc4[C@@H](CC(=O)O)N3c3cc(C(F)(F)F)ccc3OC)CC2)ccn1. The van der Waals surface area contributed by atoms with Crippen molar-refractivity contribution in [2.75, 3.05) is 50.2 Å². The van der Waals surface area contributed by atoms with Gasteiger partial charge >= 0.3 is 12.1 Å². The first-order valence-electron chi connectivity index (χ1n) is 12.5. The number of anilines is 2. The molecule has 1 saturated heterocycles. The van der Waals surface area contributed by atoms with Gasteiger partial charge in [0, 0.05) is 49.0 Å². The minimum atomic E-state index is -4.60. The van der Waals surface area contributed by atoms with Crippen LogP contribution < -0.4 is 19.3 Å². The quantitative estimate of drug-likeness (QED) is 0.422. The van der Waals surface area contributed by atoms with Crippen LogP contribution in [0.3, 0.4) is 0 Å². The predicted molar refractivity (Wildman–Crippen MR) is 146 cm³/mol. The Kier molecular flexibility index (Phi) is 7.49. The monoisotopic (exact) mass is 575 g/mol. The fourth-order valence-electron chi connectivity index (χ4n) is 5.04. The maximum atomic E-state index is 13.8. The van der Waals surface area contributed by atoms with E-state index < -0.39 is 23.8 Å². The first kappa shape index (κ1) is 27.6. The molecule has 1 fully saturated rings. The first-order chi connectivity index (χ1) is 19.1. The summed E-state index contributed by atoms with van der Waals surface area (Å²) in [5.41, 5.74) is 0.821. The van der Waals surface area contributed by atoms with Crippen molar-refractivity contribution in [3.63, 3.8) is 0 Å². The zero-order valence-corrected chi connectivity index (χ0v) is 22.9. The molecule has 40 heavy (non-hydrogen) atoms. The zero-order chi connectivity index (χ0) is 28.6. The molecule has 0 aliphatic carbocycles. The van der Waals surface area contributed by atoms with Crippen molar-refractivity contribution in [2.24, 2.45) is 4.99 Å². The Bertz CT molecular complexity index is 1440. The third-order valence-corrected chi connectivity index (χ3v) is 8.04. The molecule has 2 aromatic heterocycles. The summed E-state index contributed by atoms with van der Waals surface area (Å²) < 4.78 is 52.2. The Morgan fingerprint density at radius 3 is 2.45 bits per heavy atom. The van der Waals surface area contributed by atoms with Crippen LogP contribution >= 0.6 is 11.3 Å². The molecule has 0 saturated carbocycles. The highest BCUT2D eigenvalue weighted by molar-refractivity contribution is 7.12. The van der Waals surface area contributed by atoms with Crippen LogP contribution in [0.4, 0.5) is 30.2 Å². The number of aliphatic imine (C=N–C) groups is 1. The van der Waals surface area contributed by atoms with E-state index in [1.807, 2.05) is 30.0 Å². The number of hydrogen-bond donors (Lipinski definition) is 1. The average Bonchev–Trinajstić information content (AvgIpc) is 3.32. The van der Waals surface area contributed by atoms with E-state index in [0.29, 0.717) is 48.6 Å². The molecule has 0 amide bonds. The number of aliphatic carboxylic acids is 1. The number of thiophene rings is 1. The van der Waals surface area contributed by atoms with Gasteiger partial charge in [-0.25, -0.2) is 9.98 Å². The van der Waals surface area contributed by atoms with Crippen LogP contribution in [0.2, 0.25) is 0 Å². The summed E-state index contributed by atoms with van der Waals surface area (Å²) in [6.07, 6.45) is -3.26. The lowest BCUT2D eigenvalue weighted by atomic mass is 10.0. The average molecular weight is 576 g/mol. The van der Waals surface area contributed by atoms with Crippen molar-refractivity contribution in [3.05, 3.63) is 57.9 Å². The Hall–Kier alpha value is -4.00. The van der Waals surface area contributed by atoms with E-state index in [1.165, 1.54) is 24.5 Å². The molecular formula is C27H28F3N5O4S. The summed E-state index contributed by atoms with van der Waals surface area (Å²) in [4.78, 5) is 28.5. The predicted octanol–water partition coefficient (Wildman–Crippen LogP) is 5.33. The van der Waals surface area contributed by atoms with Gasteiger partial charge in [-0.1, -0.05) is 0 Å². The molecule has 9 nitrogen and oxygen atoms in total.